The Morgan fingerprint density at radius 2 is 2.21 bits per heavy atom. The molecule has 0 aromatic heterocycles. The number of amides is 1. The quantitative estimate of drug-likeness (QED) is 0.777. The molecule has 0 radical (unpaired) electrons. The smallest absolute Gasteiger partial charge is 0.312 e. The molecule has 2 aliphatic rings. The van der Waals surface area contributed by atoms with Crippen LogP contribution in [-0.4, -0.2) is 38.6 Å². The van der Waals surface area contributed by atoms with Crippen molar-refractivity contribution in [2.75, 3.05) is 6.54 Å². The molecular formula is C13H15NO5+2. The first kappa shape index (κ1) is 11.8. The van der Waals surface area contributed by atoms with Crippen molar-refractivity contribution in [2.24, 2.45) is 11.3 Å². The van der Waals surface area contributed by atoms with Gasteiger partial charge in [0.15, 0.2) is 0 Å². The fraction of sp³-hybridized carbons (Fsp3) is 0.385. The Morgan fingerprint density at radius 1 is 1.47 bits per heavy atom. The van der Waals surface area contributed by atoms with Crippen LogP contribution >= 0.6 is 0 Å². The van der Waals surface area contributed by atoms with E-state index < -0.39 is 11.4 Å². The molecule has 1 amide bonds. The summed E-state index contributed by atoms with van der Waals surface area (Å²) >= 11 is 0. The molecule has 1 saturated carbocycles. The van der Waals surface area contributed by atoms with Gasteiger partial charge in [-0.05, 0) is 12.5 Å². The number of carbonyl (C=O) groups is 2. The van der Waals surface area contributed by atoms with Crippen LogP contribution in [0.1, 0.15) is 12.0 Å². The second-order valence-corrected chi connectivity index (χ2v) is 5.28. The molecule has 1 aromatic carbocycles. The van der Waals surface area contributed by atoms with Crippen molar-refractivity contribution in [3.63, 3.8) is 0 Å². The summed E-state index contributed by atoms with van der Waals surface area (Å²) < 4.78 is 0. The van der Waals surface area contributed by atoms with Crippen molar-refractivity contribution in [3.8, 4) is 11.5 Å². The van der Waals surface area contributed by atoms with Crippen LogP contribution in [0.25, 0.3) is 0 Å². The minimum absolute atomic E-state index is 0.128. The number of aliphatic carboxylic acids is 1. The first-order valence-electron chi connectivity index (χ1n) is 6.02. The molecule has 1 aromatic rings. The number of carboxylic acids is 1. The van der Waals surface area contributed by atoms with E-state index in [0.717, 1.165) is 0 Å². The highest BCUT2D eigenvalue weighted by Crippen LogP contribution is 2.58. The van der Waals surface area contributed by atoms with Crippen LogP contribution in [0.3, 0.4) is 0 Å². The number of hydrogen-bond acceptors (Lipinski definition) is 2. The van der Waals surface area contributed by atoms with Crippen LogP contribution in [0.15, 0.2) is 18.2 Å². The summed E-state index contributed by atoms with van der Waals surface area (Å²) in [5, 5.41) is 24.3. The van der Waals surface area contributed by atoms with Crippen LogP contribution in [0.5, 0.6) is 11.5 Å². The first-order chi connectivity index (χ1) is 8.94. The van der Waals surface area contributed by atoms with Gasteiger partial charge in [0.25, 0.3) is 11.5 Å². The van der Waals surface area contributed by atoms with E-state index in [2.05, 4.69) is 0 Å². The number of piperidine rings is 1. The van der Waals surface area contributed by atoms with Gasteiger partial charge in [0, 0.05) is 12.6 Å². The summed E-state index contributed by atoms with van der Waals surface area (Å²) in [6.45, 7) is 0.484. The van der Waals surface area contributed by atoms with Crippen molar-refractivity contribution in [2.45, 2.75) is 13.0 Å². The molecule has 19 heavy (non-hydrogen) atoms. The number of carboxylic acid groups (broad SMARTS) is 1. The Labute approximate surface area is 108 Å². The van der Waals surface area contributed by atoms with E-state index in [0.29, 0.717) is 12.0 Å². The molecule has 6 heteroatoms. The predicted octanol–water partition coefficient (Wildman–Crippen LogP) is -0.00450. The molecule has 0 bridgehead atoms. The van der Waals surface area contributed by atoms with Crippen LogP contribution in [0.4, 0.5) is 0 Å². The SMILES string of the molecule is O=C1C2CC2(C(=O)O)CN1Cc1ccc([OH2+])cc1[OH2+]. The molecule has 5 N–H and O–H groups in total. The fourth-order valence-electron chi connectivity index (χ4n) is 2.80. The van der Waals surface area contributed by atoms with Gasteiger partial charge in [-0.15, -0.1) is 0 Å². The van der Waals surface area contributed by atoms with Gasteiger partial charge in [0.2, 0.25) is 5.91 Å². The van der Waals surface area contributed by atoms with E-state index in [1.165, 1.54) is 11.0 Å². The van der Waals surface area contributed by atoms with E-state index in [-0.39, 0.29) is 36.4 Å². The van der Waals surface area contributed by atoms with E-state index in [1.54, 1.807) is 12.1 Å². The van der Waals surface area contributed by atoms with Crippen LogP contribution in [0.2, 0.25) is 0 Å². The van der Waals surface area contributed by atoms with E-state index >= 15 is 0 Å². The maximum absolute atomic E-state index is 12.0. The Balaban J connectivity index is 1.79. The third-order valence-corrected chi connectivity index (χ3v) is 4.06. The minimum Gasteiger partial charge on any atom is -0.593 e. The van der Waals surface area contributed by atoms with Gasteiger partial charge in [0.1, 0.15) is 6.07 Å². The number of benzene rings is 1. The standard InChI is InChI=1S/C13H13NO5/c15-8-2-1-7(10(16)3-8)5-14-6-13(12(18)19)4-9(13)11(14)17/h1-3,9,15-16H,4-6H2,(H,18,19)/p+2. The maximum atomic E-state index is 12.0. The van der Waals surface area contributed by atoms with E-state index in [4.69, 9.17) is 15.3 Å². The summed E-state index contributed by atoms with van der Waals surface area (Å²) in [4.78, 5) is 24.7. The molecule has 1 heterocycles. The van der Waals surface area contributed by atoms with Crippen molar-refractivity contribution in [1.29, 1.82) is 0 Å². The molecule has 6 nitrogen and oxygen atoms in total. The van der Waals surface area contributed by atoms with Crippen molar-refractivity contribution < 1.29 is 24.9 Å². The fourth-order valence-corrected chi connectivity index (χ4v) is 2.80. The molecular weight excluding hydrogens is 250 g/mol. The largest absolute Gasteiger partial charge is 0.593 e. The summed E-state index contributed by atoms with van der Waals surface area (Å²) in [5.41, 5.74) is -0.236. The first-order valence-corrected chi connectivity index (χ1v) is 6.02. The van der Waals surface area contributed by atoms with Crippen molar-refractivity contribution in [3.05, 3.63) is 23.8 Å². The third-order valence-electron chi connectivity index (χ3n) is 4.06. The van der Waals surface area contributed by atoms with Gasteiger partial charge < -0.3 is 20.2 Å². The lowest BCUT2D eigenvalue weighted by molar-refractivity contribution is -0.143. The molecule has 1 aliphatic heterocycles. The normalized spacial score (nSPS) is 28.3. The topological polar surface area (TPSA) is 103 Å². The molecule has 2 unspecified atom stereocenters. The van der Waals surface area contributed by atoms with Crippen LogP contribution < -0.4 is 0 Å². The van der Waals surface area contributed by atoms with Gasteiger partial charge >= 0.3 is 5.97 Å². The Morgan fingerprint density at radius 3 is 2.79 bits per heavy atom. The molecule has 2 fully saturated rings. The monoisotopic (exact) mass is 265 g/mol. The molecule has 1 aliphatic carbocycles. The number of likely N-dealkylation sites (tertiary alicyclic amines) is 1. The molecule has 0 spiro atoms. The number of rotatable bonds is 3. The average Bonchev–Trinajstić information content (AvgIpc) is 3.00. The average molecular weight is 265 g/mol. The lowest BCUT2D eigenvalue weighted by Crippen LogP contribution is -2.31. The van der Waals surface area contributed by atoms with Gasteiger partial charge in [-0.25, -0.2) is 0 Å². The second kappa shape index (κ2) is 3.63. The highest BCUT2D eigenvalue weighted by atomic mass is 16.4. The summed E-state index contributed by atoms with van der Waals surface area (Å²) in [7, 11) is 0. The van der Waals surface area contributed by atoms with Gasteiger partial charge in [0.05, 0.1) is 23.4 Å². The van der Waals surface area contributed by atoms with Crippen LogP contribution in [-0.2, 0) is 16.1 Å². The van der Waals surface area contributed by atoms with Gasteiger partial charge in [-0.2, -0.15) is 0 Å². The Bertz CT molecular complexity index is 584. The van der Waals surface area contributed by atoms with E-state index in [1.807, 2.05) is 0 Å². The van der Waals surface area contributed by atoms with Gasteiger partial charge in [-0.3, -0.25) is 9.59 Å². The summed E-state index contributed by atoms with van der Waals surface area (Å²) in [6.07, 6.45) is 0.442. The van der Waals surface area contributed by atoms with Crippen molar-refractivity contribution >= 4 is 11.9 Å². The number of fused-ring (bicyclic) bond motifs is 1. The highest BCUT2D eigenvalue weighted by Gasteiger charge is 2.70. The zero-order chi connectivity index (χ0) is 13.8. The van der Waals surface area contributed by atoms with E-state index in [9.17, 15) is 9.59 Å². The maximum Gasteiger partial charge on any atom is 0.312 e. The minimum atomic E-state index is -0.902. The molecule has 3 rings (SSSR count). The lowest BCUT2D eigenvalue weighted by Gasteiger charge is -2.19. The summed E-state index contributed by atoms with van der Waals surface area (Å²) in [5.74, 6) is -0.941. The zero-order valence-corrected chi connectivity index (χ0v) is 10.1. The van der Waals surface area contributed by atoms with Gasteiger partial charge in [-0.1, -0.05) is 0 Å². The number of carbonyl (C=O) groups excluding carboxylic acids is 1. The molecule has 100 valence electrons. The number of nitrogens with zero attached hydrogens (tertiary/aromatic N) is 1. The second-order valence-electron chi connectivity index (χ2n) is 5.28. The zero-order valence-electron chi connectivity index (χ0n) is 10.1. The van der Waals surface area contributed by atoms with Crippen molar-refractivity contribution in [1.82, 2.24) is 4.90 Å². The Kier molecular flexibility index (Phi) is 2.26. The summed E-state index contributed by atoms with van der Waals surface area (Å²) in [6, 6.07) is 4.64. The lowest BCUT2D eigenvalue weighted by atomic mass is 10.1. The third kappa shape index (κ3) is 1.63. The molecule has 1 saturated heterocycles. The predicted molar refractivity (Wildman–Crippen MR) is 66.2 cm³/mol. The highest BCUT2D eigenvalue weighted by molar-refractivity contribution is 5.96. The Hall–Kier alpha value is -2.24. The molecule has 2 atom stereocenters. The number of hydrogen-bond donors (Lipinski definition) is 1. The van der Waals surface area contributed by atoms with Crippen LogP contribution in [0, 0.1) is 11.3 Å².